The summed E-state index contributed by atoms with van der Waals surface area (Å²) in [6, 6.07) is 6.90. The fraction of sp³-hybridized carbons (Fsp3) is 0.357. The van der Waals surface area contributed by atoms with Gasteiger partial charge in [0.25, 0.3) is 5.91 Å². The minimum Gasteiger partial charge on any atom is -0.480 e. The van der Waals surface area contributed by atoms with Crippen molar-refractivity contribution in [3.05, 3.63) is 27.7 Å². The van der Waals surface area contributed by atoms with Crippen molar-refractivity contribution in [2.75, 3.05) is 26.8 Å². The molecule has 0 saturated heterocycles. The average Bonchev–Trinajstić information content (AvgIpc) is 2.49. The smallest absolute Gasteiger partial charge is 0.344 e. The lowest BCUT2D eigenvalue weighted by atomic mass is 10.3. The Balaban J connectivity index is 2.34. The Morgan fingerprint density at radius 1 is 1.41 bits per heavy atom. The number of nitriles is 1. The third-order valence-corrected chi connectivity index (χ3v) is 3.37. The zero-order valence-corrected chi connectivity index (χ0v) is 14.2. The van der Waals surface area contributed by atoms with E-state index in [0.717, 1.165) is 4.47 Å². The second-order valence-corrected chi connectivity index (χ2v) is 5.57. The summed E-state index contributed by atoms with van der Waals surface area (Å²) in [6.07, 6.45) is 0.224. The molecule has 0 atom stereocenters. The standard InChI is InChI=1S/C14H14BrClN2O4/c1-18(6-2-5-17)13(19)8-22-14(20)9-21-12-4-3-10(15)7-11(12)16/h3-4,7H,2,6,8-9H2,1H3. The van der Waals surface area contributed by atoms with E-state index in [9.17, 15) is 9.59 Å². The van der Waals surface area contributed by atoms with Crippen LogP contribution < -0.4 is 4.74 Å². The number of rotatable bonds is 7. The van der Waals surface area contributed by atoms with E-state index in [2.05, 4.69) is 15.9 Å². The van der Waals surface area contributed by atoms with E-state index in [4.69, 9.17) is 26.3 Å². The molecule has 1 amide bonds. The van der Waals surface area contributed by atoms with Crippen LogP contribution in [0.1, 0.15) is 6.42 Å². The second kappa shape index (κ2) is 9.28. The number of carbonyl (C=O) groups excluding carboxylic acids is 2. The molecule has 1 aromatic carbocycles. The zero-order chi connectivity index (χ0) is 16.5. The summed E-state index contributed by atoms with van der Waals surface area (Å²) in [5, 5.41) is 8.79. The summed E-state index contributed by atoms with van der Waals surface area (Å²) in [5.41, 5.74) is 0. The molecular weight excluding hydrogens is 376 g/mol. The highest BCUT2D eigenvalue weighted by atomic mass is 79.9. The molecule has 1 rings (SSSR count). The lowest BCUT2D eigenvalue weighted by Gasteiger charge is -2.15. The SMILES string of the molecule is CN(CCC#N)C(=O)COC(=O)COc1ccc(Br)cc1Cl. The number of amides is 1. The van der Waals surface area contributed by atoms with Crippen molar-refractivity contribution < 1.29 is 19.1 Å². The summed E-state index contributed by atoms with van der Waals surface area (Å²) in [6.45, 7) is -0.452. The normalized spacial score (nSPS) is 9.73. The van der Waals surface area contributed by atoms with E-state index in [1.54, 1.807) is 18.2 Å². The number of benzene rings is 1. The Morgan fingerprint density at radius 3 is 2.77 bits per heavy atom. The number of nitrogens with zero attached hydrogens (tertiary/aromatic N) is 2. The molecule has 8 heteroatoms. The molecule has 6 nitrogen and oxygen atoms in total. The molecular formula is C14H14BrClN2O4. The monoisotopic (exact) mass is 388 g/mol. The highest BCUT2D eigenvalue weighted by Gasteiger charge is 2.13. The summed E-state index contributed by atoms with van der Waals surface area (Å²) in [7, 11) is 1.53. The third kappa shape index (κ3) is 6.33. The van der Waals surface area contributed by atoms with E-state index in [0.29, 0.717) is 10.8 Å². The fourth-order valence-electron chi connectivity index (χ4n) is 1.37. The Bertz CT molecular complexity index is 589. The van der Waals surface area contributed by atoms with E-state index in [-0.39, 0.29) is 25.5 Å². The number of esters is 1. The Kier molecular flexibility index (Phi) is 7.71. The van der Waals surface area contributed by atoms with Crippen LogP contribution in [-0.2, 0) is 14.3 Å². The van der Waals surface area contributed by atoms with Gasteiger partial charge in [-0.25, -0.2) is 4.79 Å². The molecule has 0 unspecified atom stereocenters. The summed E-state index contributed by atoms with van der Waals surface area (Å²) in [5.74, 6) is -0.717. The van der Waals surface area contributed by atoms with E-state index in [1.807, 2.05) is 6.07 Å². The first kappa shape index (κ1) is 18.3. The van der Waals surface area contributed by atoms with Gasteiger partial charge in [-0.05, 0) is 18.2 Å². The summed E-state index contributed by atoms with van der Waals surface area (Å²) in [4.78, 5) is 24.4. The number of carbonyl (C=O) groups is 2. The van der Waals surface area contributed by atoms with Crippen molar-refractivity contribution >= 4 is 39.4 Å². The second-order valence-electron chi connectivity index (χ2n) is 4.25. The molecule has 0 heterocycles. The van der Waals surface area contributed by atoms with Crippen LogP contribution >= 0.6 is 27.5 Å². The molecule has 0 aliphatic carbocycles. The Labute approximate surface area is 141 Å². The fourth-order valence-corrected chi connectivity index (χ4v) is 2.09. The third-order valence-electron chi connectivity index (χ3n) is 2.58. The molecule has 1 aromatic rings. The van der Waals surface area contributed by atoms with Crippen LogP contribution in [0, 0.1) is 11.3 Å². The molecule has 118 valence electrons. The van der Waals surface area contributed by atoms with Gasteiger partial charge in [0.2, 0.25) is 0 Å². The number of hydrogen-bond acceptors (Lipinski definition) is 5. The molecule has 22 heavy (non-hydrogen) atoms. The Hall–Kier alpha value is -1.78. The summed E-state index contributed by atoms with van der Waals surface area (Å²) >= 11 is 9.19. The van der Waals surface area contributed by atoms with Crippen LogP contribution in [0.3, 0.4) is 0 Å². The maximum atomic E-state index is 11.6. The first-order valence-electron chi connectivity index (χ1n) is 6.28. The van der Waals surface area contributed by atoms with Gasteiger partial charge in [-0.1, -0.05) is 27.5 Å². The molecule has 0 aromatic heterocycles. The predicted octanol–water partition coefficient (Wildman–Crippen LogP) is 2.40. The maximum absolute atomic E-state index is 11.6. The lowest BCUT2D eigenvalue weighted by Crippen LogP contribution is -2.32. The molecule has 0 N–H and O–H groups in total. The van der Waals surface area contributed by atoms with Gasteiger partial charge in [-0.15, -0.1) is 0 Å². The van der Waals surface area contributed by atoms with Gasteiger partial charge in [0.1, 0.15) is 5.75 Å². The Morgan fingerprint density at radius 2 is 2.14 bits per heavy atom. The quantitative estimate of drug-likeness (QED) is 0.669. The van der Waals surface area contributed by atoms with Crippen molar-refractivity contribution in [1.82, 2.24) is 4.90 Å². The number of hydrogen-bond donors (Lipinski definition) is 0. The average molecular weight is 390 g/mol. The van der Waals surface area contributed by atoms with Crippen molar-refractivity contribution in [3.8, 4) is 11.8 Å². The van der Waals surface area contributed by atoms with Gasteiger partial charge < -0.3 is 14.4 Å². The minimum atomic E-state index is -0.680. The van der Waals surface area contributed by atoms with E-state index < -0.39 is 12.6 Å². The zero-order valence-electron chi connectivity index (χ0n) is 11.8. The highest BCUT2D eigenvalue weighted by molar-refractivity contribution is 9.10. The van der Waals surface area contributed by atoms with Gasteiger partial charge in [-0.2, -0.15) is 5.26 Å². The largest absolute Gasteiger partial charge is 0.480 e. The maximum Gasteiger partial charge on any atom is 0.344 e. The topological polar surface area (TPSA) is 79.6 Å². The van der Waals surface area contributed by atoms with Gasteiger partial charge in [0, 0.05) is 18.1 Å². The van der Waals surface area contributed by atoms with Gasteiger partial charge in [0.05, 0.1) is 17.5 Å². The van der Waals surface area contributed by atoms with Crippen molar-refractivity contribution in [2.24, 2.45) is 0 Å². The van der Waals surface area contributed by atoms with Crippen molar-refractivity contribution in [1.29, 1.82) is 5.26 Å². The molecule has 0 spiro atoms. The molecule has 0 saturated carbocycles. The molecule has 0 aliphatic heterocycles. The molecule has 0 radical (unpaired) electrons. The summed E-state index contributed by atoms with van der Waals surface area (Å²) < 4.78 is 10.8. The number of likely N-dealkylation sites (N-methyl/N-ethyl adjacent to an activating group) is 1. The van der Waals surface area contributed by atoms with Gasteiger partial charge in [0.15, 0.2) is 13.2 Å². The molecule has 0 bridgehead atoms. The van der Waals surface area contributed by atoms with Crippen molar-refractivity contribution in [3.63, 3.8) is 0 Å². The first-order chi connectivity index (χ1) is 10.4. The van der Waals surface area contributed by atoms with Crippen LogP contribution in [0.2, 0.25) is 5.02 Å². The van der Waals surface area contributed by atoms with Crippen LogP contribution in [-0.4, -0.2) is 43.6 Å². The predicted molar refractivity (Wildman–Crippen MR) is 83.5 cm³/mol. The van der Waals surface area contributed by atoms with Crippen LogP contribution in [0.15, 0.2) is 22.7 Å². The van der Waals surface area contributed by atoms with Gasteiger partial charge >= 0.3 is 5.97 Å². The van der Waals surface area contributed by atoms with Crippen molar-refractivity contribution in [2.45, 2.75) is 6.42 Å². The minimum absolute atomic E-state index is 0.224. The van der Waals surface area contributed by atoms with E-state index in [1.165, 1.54) is 11.9 Å². The van der Waals surface area contributed by atoms with E-state index >= 15 is 0 Å². The molecule has 0 fully saturated rings. The van der Waals surface area contributed by atoms with Crippen LogP contribution in [0.4, 0.5) is 0 Å². The number of ether oxygens (including phenoxy) is 2. The highest BCUT2D eigenvalue weighted by Crippen LogP contribution is 2.27. The van der Waals surface area contributed by atoms with Crippen LogP contribution in [0.5, 0.6) is 5.75 Å². The van der Waals surface area contributed by atoms with Gasteiger partial charge in [-0.3, -0.25) is 4.79 Å². The number of halogens is 2. The first-order valence-corrected chi connectivity index (χ1v) is 7.45. The lowest BCUT2D eigenvalue weighted by molar-refractivity contribution is -0.153. The molecule has 0 aliphatic rings. The van der Waals surface area contributed by atoms with Crippen LogP contribution in [0.25, 0.3) is 0 Å².